The minimum absolute atomic E-state index is 0.786. The highest BCUT2D eigenvalue weighted by Crippen LogP contribution is 2.28. The van der Waals surface area contributed by atoms with E-state index in [9.17, 15) is 0 Å². The number of nitrogens with zero attached hydrogens (tertiary/aromatic N) is 2. The maximum absolute atomic E-state index is 4.65. The zero-order valence-electron chi connectivity index (χ0n) is 8.90. The van der Waals surface area contributed by atoms with Gasteiger partial charge < -0.3 is 4.40 Å². The van der Waals surface area contributed by atoms with Crippen molar-refractivity contribution in [3.05, 3.63) is 34.7 Å². The summed E-state index contributed by atoms with van der Waals surface area (Å²) in [5.74, 6) is 1.32. The standard InChI is InChI=1S/C12H13BrN2S/c13-9-3-4-12-14-10(8-15(12)7-9)6-11-2-1-5-16-11/h3-4,7-8,11H,1-2,5-6H2. The molecule has 0 aromatic carbocycles. The summed E-state index contributed by atoms with van der Waals surface area (Å²) in [6.07, 6.45) is 8.05. The van der Waals surface area contributed by atoms with Gasteiger partial charge in [0.05, 0.1) is 5.69 Å². The molecule has 0 saturated carbocycles. The molecule has 0 spiro atoms. The third kappa shape index (κ3) is 2.13. The van der Waals surface area contributed by atoms with Crippen LogP contribution in [-0.4, -0.2) is 20.4 Å². The molecule has 1 atom stereocenters. The topological polar surface area (TPSA) is 17.3 Å². The smallest absolute Gasteiger partial charge is 0.137 e. The molecule has 16 heavy (non-hydrogen) atoms. The van der Waals surface area contributed by atoms with E-state index in [0.717, 1.165) is 21.8 Å². The second-order valence-corrected chi connectivity index (χ2v) is 6.51. The van der Waals surface area contributed by atoms with E-state index in [2.05, 4.69) is 55.5 Å². The summed E-state index contributed by atoms with van der Waals surface area (Å²) in [5.41, 5.74) is 2.26. The number of rotatable bonds is 2. The Labute approximate surface area is 108 Å². The first-order chi connectivity index (χ1) is 7.81. The molecule has 2 nitrogen and oxygen atoms in total. The third-order valence-corrected chi connectivity index (χ3v) is 4.79. The Morgan fingerprint density at radius 2 is 2.38 bits per heavy atom. The van der Waals surface area contributed by atoms with E-state index in [1.54, 1.807) is 0 Å². The van der Waals surface area contributed by atoms with E-state index in [0.29, 0.717) is 0 Å². The van der Waals surface area contributed by atoms with Crippen LogP contribution in [0, 0.1) is 0 Å². The molecular formula is C12H13BrN2S. The zero-order valence-corrected chi connectivity index (χ0v) is 11.3. The first-order valence-electron chi connectivity index (χ1n) is 5.56. The number of fused-ring (bicyclic) bond motifs is 1. The molecule has 1 fully saturated rings. The number of thioether (sulfide) groups is 1. The van der Waals surface area contributed by atoms with Crippen molar-refractivity contribution in [3.8, 4) is 0 Å². The number of hydrogen-bond acceptors (Lipinski definition) is 2. The van der Waals surface area contributed by atoms with Crippen LogP contribution in [-0.2, 0) is 6.42 Å². The first-order valence-corrected chi connectivity index (χ1v) is 7.40. The quantitative estimate of drug-likeness (QED) is 0.843. The first kappa shape index (κ1) is 10.7. The number of halogens is 1. The molecule has 1 aliphatic heterocycles. The van der Waals surface area contributed by atoms with E-state index >= 15 is 0 Å². The van der Waals surface area contributed by atoms with Crippen molar-refractivity contribution in [2.75, 3.05) is 5.75 Å². The number of pyridine rings is 1. The van der Waals surface area contributed by atoms with E-state index in [-0.39, 0.29) is 0 Å². The molecule has 0 aliphatic carbocycles. The van der Waals surface area contributed by atoms with Gasteiger partial charge in [0.15, 0.2) is 0 Å². The van der Waals surface area contributed by atoms with Crippen LogP contribution in [0.15, 0.2) is 29.0 Å². The Hall–Kier alpha value is -0.480. The normalized spacial score (nSPS) is 20.7. The summed E-state index contributed by atoms with van der Waals surface area (Å²) < 4.78 is 3.19. The van der Waals surface area contributed by atoms with Crippen LogP contribution >= 0.6 is 27.7 Å². The lowest BCUT2D eigenvalue weighted by Crippen LogP contribution is -2.01. The van der Waals surface area contributed by atoms with Crippen molar-refractivity contribution in [2.45, 2.75) is 24.5 Å². The van der Waals surface area contributed by atoms with Gasteiger partial charge in [-0.3, -0.25) is 0 Å². The van der Waals surface area contributed by atoms with E-state index in [1.165, 1.54) is 24.3 Å². The predicted molar refractivity (Wildman–Crippen MR) is 72.1 cm³/mol. The largest absolute Gasteiger partial charge is 0.306 e. The van der Waals surface area contributed by atoms with Gasteiger partial charge in [0, 0.05) is 28.5 Å². The van der Waals surface area contributed by atoms with Gasteiger partial charge >= 0.3 is 0 Å². The van der Waals surface area contributed by atoms with Gasteiger partial charge in [0.2, 0.25) is 0 Å². The molecule has 0 radical (unpaired) electrons. The monoisotopic (exact) mass is 296 g/mol. The number of imidazole rings is 1. The van der Waals surface area contributed by atoms with Crippen LogP contribution in [0.1, 0.15) is 18.5 Å². The minimum Gasteiger partial charge on any atom is -0.306 e. The van der Waals surface area contributed by atoms with Crippen molar-refractivity contribution in [3.63, 3.8) is 0 Å². The van der Waals surface area contributed by atoms with Crippen LogP contribution in [0.3, 0.4) is 0 Å². The van der Waals surface area contributed by atoms with Crippen molar-refractivity contribution in [1.29, 1.82) is 0 Å². The molecule has 1 saturated heterocycles. The molecule has 1 aliphatic rings. The van der Waals surface area contributed by atoms with Gasteiger partial charge in [-0.1, -0.05) is 0 Å². The second-order valence-electron chi connectivity index (χ2n) is 4.18. The Bertz CT molecular complexity index is 503. The molecule has 1 unspecified atom stereocenters. The Morgan fingerprint density at radius 3 is 3.19 bits per heavy atom. The average Bonchev–Trinajstić information content (AvgIpc) is 2.86. The van der Waals surface area contributed by atoms with Gasteiger partial charge in [-0.05, 0) is 46.7 Å². The molecular weight excluding hydrogens is 284 g/mol. The van der Waals surface area contributed by atoms with Crippen LogP contribution in [0.25, 0.3) is 5.65 Å². The van der Waals surface area contributed by atoms with Crippen molar-refractivity contribution in [1.82, 2.24) is 9.38 Å². The van der Waals surface area contributed by atoms with Crippen molar-refractivity contribution < 1.29 is 0 Å². The SMILES string of the molecule is Brc1ccc2nc(CC3CCCS3)cn2c1. The van der Waals surface area contributed by atoms with E-state index in [1.807, 2.05) is 6.07 Å². The lowest BCUT2D eigenvalue weighted by atomic mass is 10.2. The zero-order chi connectivity index (χ0) is 11.0. The highest BCUT2D eigenvalue weighted by atomic mass is 79.9. The molecule has 3 rings (SSSR count). The molecule has 4 heteroatoms. The van der Waals surface area contributed by atoms with Crippen LogP contribution in [0.4, 0.5) is 0 Å². The van der Waals surface area contributed by atoms with E-state index in [4.69, 9.17) is 0 Å². The van der Waals surface area contributed by atoms with Crippen LogP contribution in [0.5, 0.6) is 0 Å². The van der Waals surface area contributed by atoms with Crippen LogP contribution < -0.4 is 0 Å². The Kier molecular flexibility index (Phi) is 2.94. The summed E-state index contributed by atoms with van der Waals surface area (Å²) in [6.45, 7) is 0. The Balaban J connectivity index is 1.86. The lowest BCUT2D eigenvalue weighted by Gasteiger charge is -2.03. The predicted octanol–water partition coefficient (Wildman–Crippen LogP) is 3.53. The average molecular weight is 297 g/mol. The lowest BCUT2D eigenvalue weighted by molar-refractivity contribution is 0.767. The van der Waals surface area contributed by atoms with Crippen molar-refractivity contribution in [2.24, 2.45) is 0 Å². The van der Waals surface area contributed by atoms with Gasteiger partial charge in [0.25, 0.3) is 0 Å². The fourth-order valence-corrected chi connectivity index (χ4v) is 3.80. The van der Waals surface area contributed by atoms with Gasteiger partial charge in [0.1, 0.15) is 5.65 Å². The third-order valence-electron chi connectivity index (χ3n) is 2.93. The van der Waals surface area contributed by atoms with Crippen LogP contribution in [0.2, 0.25) is 0 Å². The minimum atomic E-state index is 0.786. The van der Waals surface area contributed by atoms with Gasteiger partial charge in [-0.2, -0.15) is 11.8 Å². The molecule has 0 bridgehead atoms. The Morgan fingerprint density at radius 1 is 1.44 bits per heavy atom. The molecule has 2 aromatic rings. The number of aromatic nitrogens is 2. The molecule has 0 amide bonds. The molecule has 2 aromatic heterocycles. The summed E-state index contributed by atoms with van der Waals surface area (Å²) in [7, 11) is 0. The van der Waals surface area contributed by atoms with Crippen molar-refractivity contribution >= 4 is 33.3 Å². The van der Waals surface area contributed by atoms with Gasteiger partial charge in [-0.25, -0.2) is 4.98 Å². The summed E-state index contributed by atoms with van der Waals surface area (Å²) in [4.78, 5) is 4.65. The summed E-state index contributed by atoms with van der Waals surface area (Å²) >= 11 is 5.57. The fourth-order valence-electron chi connectivity index (χ4n) is 2.15. The fraction of sp³-hybridized carbons (Fsp3) is 0.417. The maximum atomic E-state index is 4.65. The molecule has 3 heterocycles. The maximum Gasteiger partial charge on any atom is 0.137 e. The number of hydrogen-bond donors (Lipinski definition) is 0. The van der Waals surface area contributed by atoms with E-state index < -0.39 is 0 Å². The van der Waals surface area contributed by atoms with Gasteiger partial charge in [-0.15, -0.1) is 0 Å². The highest BCUT2D eigenvalue weighted by Gasteiger charge is 2.17. The summed E-state index contributed by atoms with van der Waals surface area (Å²) in [6, 6.07) is 4.09. The highest BCUT2D eigenvalue weighted by molar-refractivity contribution is 9.10. The molecule has 84 valence electrons. The molecule has 0 N–H and O–H groups in total. The summed E-state index contributed by atoms with van der Waals surface area (Å²) in [5, 5.41) is 0.786. The second kappa shape index (κ2) is 4.41.